The number of carbonyl (C=O) groups is 2. The molecule has 0 spiro atoms. The number of rotatable bonds is 6. The van der Waals surface area contributed by atoms with Crippen LogP contribution in [0.15, 0.2) is 35.6 Å². The Balaban J connectivity index is 2.07. The van der Waals surface area contributed by atoms with Gasteiger partial charge in [0.1, 0.15) is 5.75 Å². The molecule has 0 saturated heterocycles. The summed E-state index contributed by atoms with van der Waals surface area (Å²) in [4.78, 5) is 27.6. The fraction of sp³-hybridized carbons (Fsp3) is 0.545. The second-order valence-corrected chi connectivity index (χ2v) is 7.69. The van der Waals surface area contributed by atoms with Crippen LogP contribution in [0.1, 0.15) is 64.5 Å². The minimum Gasteiger partial charge on any atom is -0.503 e. The van der Waals surface area contributed by atoms with E-state index in [0.29, 0.717) is 12.4 Å². The zero-order valence-electron chi connectivity index (χ0n) is 16.4. The summed E-state index contributed by atoms with van der Waals surface area (Å²) in [7, 11) is 0. The maximum atomic E-state index is 13.0. The van der Waals surface area contributed by atoms with Crippen molar-refractivity contribution >= 4 is 11.7 Å². The molecule has 1 aliphatic carbocycles. The Morgan fingerprint density at radius 3 is 2.59 bits per heavy atom. The predicted molar refractivity (Wildman–Crippen MR) is 104 cm³/mol. The Bertz CT molecular complexity index is 746. The quantitative estimate of drug-likeness (QED) is 0.808. The Morgan fingerprint density at radius 2 is 1.96 bits per heavy atom. The molecule has 1 unspecified atom stereocenters. The first kappa shape index (κ1) is 19.5. The number of ether oxygens (including phenoxy) is 1. The van der Waals surface area contributed by atoms with Crippen LogP contribution in [0.3, 0.4) is 0 Å². The van der Waals surface area contributed by atoms with Gasteiger partial charge in [0.25, 0.3) is 5.91 Å². The van der Waals surface area contributed by atoms with Crippen LogP contribution >= 0.6 is 0 Å². The topological polar surface area (TPSA) is 66.8 Å². The predicted octanol–water partition coefficient (Wildman–Crippen LogP) is 4.34. The standard InChI is InChI=1S/C22H29NO4/c1-4-27-17-12-8-9-15(13-17)19-18(20(24)14(2)3)21(25)22(26)23(19)16-10-6-5-7-11-16/h8-9,12-14,16,19,25H,4-7,10-11H2,1-3H3. The van der Waals surface area contributed by atoms with Gasteiger partial charge in [0, 0.05) is 12.0 Å². The van der Waals surface area contributed by atoms with Gasteiger partial charge in [-0.25, -0.2) is 0 Å². The summed E-state index contributed by atoms with van der Waals surface area (Å²) in [5.74, 6) is -0.567. The van der Waals surface area contributed by atoms with Crippen molar-refractivity contribution in [1.82, 2.24) is 4.90 Å². The second kappa shape index (κ2) is 8.15. The van der Waals surface area contributed by atoms with E-state index in [4.69, 9.17) is 4.74 Å². The highest BCUT2D eigenvalue weighted by Gasteiger charge is 2.46. The van der Waals surface area contributed by atoms with Crippen LogP contribution in [0, 0.1) is 5.92 Å². The Kier molecular flexibility index (Phi) is 5.88. The van der Waals surface area contributed by atoms with E-state index < -0.39 is 11.9 Å². The highest BCUT2D eigenvalue weighted by atomic mass is 16.5. The zero-order chi connectivity index (χ0) is 19.6. The average molecular weight is 371 g/mol. The van der Waals surface area contributed by atoms with Gasteiger partial charge >= 0.3 is 0 Å². The first-order chi connectivity index (χ1) is 13.0. The molecule has 1 amide bonds. The lowest BCUT2D eigenvalue weighted by atomic mass is 9.88. The molecule has 1 N–H and O–H groups in total. The van der Waals surface area contributed by atoms with E-state index in [1.54, 1.807) is 18.7 Å². The van der Waals surface area contributed by atoms with Gasteiger partial charge in [0.05, 0.1) is 18.2 Å². The Labute approximate surface area is 161 Å². The van der Waals surface area contributed by atoms with Crippen molar-refractivity contribution < 1.29 is 19.4 Å². The van der Waals surface area contributed by atoms with Crippen LogP contribution in [0.5, 0.6) is 5.75 Å². The monoisotopic (exact) mass is 371 g/mol. The third kappa shape index (κ3) is 3.73. The lowest BCUT2D eigenvalue weighted by Gasteiger charge is -2.36. The van der Waals surface area contributed by atoms with Gasteiger partial charge in [0.2, 0.25) is 0 Å². The van der Waals surface area contributed by atoms with Gasteiger partial charge in [-0.15, -0.1) is 0 Å². The molecule has 1 aromatic carbocycles. The van der Waals surface area contributed by atoms with Crippen LogP contribution in [-0.2, 0) is 9.59 Å². The van der Waals surface area contributed by atoms with Gasteiger partial charge in [-0.3, -0.25) is 9.59 Å². The third-order valence-corrected chi connectivity index (χ3v) is 5.49. The molecule has 0 radical (unpaired) electrons. The first-order valence-electron chi connectivity index (χ1n) is 9.98. The van der Waals surface area contributed by atoms with Gasteiger partial charge in [-0.1, -0.05) is 45.2 Å². The van der Waals surface area contributed by atoms with E-state index in [2.05, 4.69) is 0 Å². The summed E-state index contributed by atoms with van der Waals surface area (Å²) >= 11 is 0. The SMILES string of the molecule is CCOc1cccc(C2C(C(=O)C(C)C)=C(O)C(=O)N2C2CCCCC2)c1. The van der Waals surface area contributed by atoms with Crippen molar-refractivity contribution in [3.63, 3.8) is 0 Å². The molecule has 3 rings (SSSR count). The van der Waals surface area contributed by atoms with Crippen LogP contribution in [0.4, 0.5) is 0 Å². The number of hydrogen-bond acceptors (Lipinski definition) is 4. The van der Waals surface area contributed by atoms with E-state index in [1.165, 1.54) is 6.42 Å². The number of carbonyl (C=O) groups excluding carboxylic acids is 2. The van der Waals surface area contributed by atoms with Crippen molar-refractivity contribution in [3.8, 4) is 5.75 Å². The molecule has 1 aliphatic heterocycles. The molecule has 1 heterocycles. The van der Waals surface area contributed by atoms with Crippen LogP contribution in [0.25, 0.3) is 0 Å². The normalized spacial score (nSPS) is 21.3. The molecule has 146 valence electrons. The average Bonchev–Trinajstić information content (AvgIpc) is 2.93. The summed E-state index contributed by atoms with van der Waals surface area (Å²) in [5.41, 5.74) is 1.04. The Hall–Kier alpha value is -2.30. The lowest BCUT2D eigenvalue weighted by molar-refractivity contribution is -0.132. The number of Topliss-reactive ketones (excluding diaryl/α,β-unsaturated/α-hetero) is 1. The number of amides is 1. The van der Waals surface area contributed by atoms with Crippen molar-refractivity contribution in [2.45, 2.75) is 65.0 Å². The number of aliphatic hydroxyl groups excluding tert-OH is 1. The molecule has 0 aromatic heterocycles. The molecule has 1 saturated carbocycles. The van der Waals surface area contributed by atoms with E-state index in [-0.39, 0.29) is 29.1 Å². The maximum absolute atomic E-state index is 13.0. The first-order valence-corrected chi connectivity index (χ1v) is 9.98. The number of hydrogen-bond donors (Lipinski definition) is 1. The largest absolute Gasteiger partial charge is 0.503 e. The molecule has 5 heteroatoms. The summed E-state index contributed by atoms with van der Waals surface area (Å²) in [5, 5.41) is 10.6. The van der Waals surface area contributed by atoms with Crippen molar-refractivity contribution in [2.24, 2.45) is 5.92 Å². The lowest BCUT2D eigenvalue weighted by Crippen LogP contribution is -2.41. The zero-order valence-corrected chi connectivity index (χ0v) is 16.4. The summed E-state index contributed by atoms with van der Waals surface area (Å²) in [6.45, 7) is 6.05. The fourth-order valence-electron chi connectivity index (χ4n) is 4.19. The van der Waals surface area contributed by atoms with Gasteiger partial charge in [-0.05, 0) is 37.5 Å². The molecular formula is C22H29NO4. The summed E-state index contributed by atoms with van der Waals surface area (Å²) in [6, 6.07) is 7.02. The molecule has 5 nitrogen and oxygen atoms in total. The maximum Gasteiger partial charge on any atom is 0.290 e. The smallest absolute Gasteiger partial charge is 0.290 e. The van der Waals surface area contributed by atoms with E-state index in [9.17, 15) is 14.7 Å². The van der Waals surface area contributed by atoms with Crippen LogP contribution in [-0.4, -0.2) is 34.3 Å². The van der Waals surface area contributed by atoms with Crippen LogP contribution in [0.2, 0.25) is 0 Å². The molecule has 1 aromatic rings. The highest BCUT2D eigenvalue weighted by Crippen LogP contribution is 2.43. The van der Waals surface area contributed by atoms with Gasteiger partial charge < -0.3 is 14.7 Å². The van der Waals surface area contributed by atoms with Crippen molar-refractivity contribution in [1.29, 1.82) is 0 Å². The van der Waals surface area contributed by atoms with Gasteiger partial charge in [0.15, 0.2) is 11.5 Å². The number of nitrogens with zero attached hydrogens (tertiary/aromatic N) is 1. The second-order valence-electron chi connectivity index (χ2n) is 7.69. The molecule has 27 heavy (non-hydrogen) atoms. The minimum absolute atomic E-state index is 0.0478. The summed E-state index contributed by atoms with van der Waals surface area (Å²) in [6.07, 6.45) is 5.11. The molecule has 2 aliphatic rings. The van der Waals surface area contributed by atoms with E-state index in [1.807, 2.05) is 31.2 Å². The number of aliphatic hydroxyl groups is 1. The highest BCUT2D eigenvalue weighted by molar-refractivity contribution is 6.09. The molecule has 0 bridgehead atoms. The summed E-state index contributed by atoms with van der Waals surface area (Å²) < 4.78 is 5.62. The van der Waals surface area contributed by atoms with E-state index in [0.717, 1.165) is 31.2 Å². The third-order valence-electron chi connectivity index (χ3n) is 5.49. The molecular weight excluding hydrogens is 342 g/mol. The van der Waals surface area contributed by atoms with Gasteiger partial charge in [-0.2, -0.15) is 0 Å². The Morgan fingerprint density at radius 1 is 1.26 bits per heavy atom. The molecule has 1 fully saturated rings. The van der Waals surface area contributed by atoms with Crippen molar-refractivity contribution in [2.75, 3.05) is 6.61 Å². The van der Waals surface area contributed by atoms with Crippen LogP contribution < -0.4 is 4.74 Å². The molecule has 1 atom stereocenters. The number of benzene rings is 1. The fourth-order valence-corrected chi connectivity index (χ4v) is 4.19. The van der Waals surface area contributed by atoms with E-state index >= 15 is 0 Å². The van der Waals surface area contributed by atoms with Crippen molar-refractivity contribution in [3.05, 3.63) is 41.2 Å². The minimum atomic E-state index is -0.545. The number of ketones is 1.